The second kappa shape index (κ2) is 8.32. The van der Waals surface area contributed by atoms with E-state index in [2.05, 4.69) is 10.4 Å². The fourth-order valence-electron chi connectivity index (χ4n) is 3.11. The Morgan fingerprint density at radius 3 is 2.79 bits per heavy atom. The molecule has 1 fully saturated rings. The van der Waals surface area contributed by atoms with Crippen molar-refractivity contribution in [3.8, 4) is 0 Å². The summed E-state index contributed by atoms with van der Waals surface area (Å²) in [7, 11) is 0. The summed E-state index contributed by atoms with van der Waals surface area (Å²) in [5.74, 6) is -0.794. The molecule has 0 saturated carbocycles. The van der Waals surface area contributed by atoms with Crippen LogP contribution in [-0.2, 0) is 11.3 Å². The molecule has 1 aliphatic rings. The lowest BCUT2D eigenvalue weighted by Crippen LogP contribution is -2.49. The van der Waals surface area contributed by atoms with E-state index >= 15 is 0 Å². The van der Waals surface area contributed by atoms with Crippen LogP contribution in [0.3, 0.4) is 0 Å². The standard InChI is InChI=1S/C18H20F3N5O2/c19-18(20,21)12-22-16(27)15-6-2-9-26(15)17(28)24-14-5-1-4-13(10-14)11-25-8-3-7-23-25/h1,3-5,7-8,10,15H,2,6,9,11-12H2,(H,22,27)(H,24,28). The topological polar surface area (TPSA) is 79.3 Å². The molecule has 2 N–H and O–H groups in total. The van der Waals surface area contributed by atoms with Gasteiger partial charge in [-0.3, -0.25) is 9.48 Å². The lowest BCUT2D eigenvalue weighted by Gasteiger charge is -2.24. The van der Waals surface area contributed by atoms with Gasteiger partial charge >= 0.3 is 12.2 Å². The molecule has 150 valence electrons. The molecule has 1 saturated heterocycles. The number of hydrogen-bond acceptors (Lipinski definition) is 3. The number of likely N-dealkylation sites (tertiary alicyclic amines) is 1. The second-order valence-corrected chi connectivity index (χ2v) is 6.52. The van der Waals surface area contributed by atoms with Crippen LogP contribution in [0.1, 0.15) is 18.4 Å². The first kappa shape index (κ1) is 19.7. The molecule has 3 amide bonds. The average Bonchev–Trinajstić information content (AvgIpc) is 3.31. The molecule has 3 rings (SSSR count). The Labute approximate surface area is 159 Å². The van der Waals surface area contributed by atoms with Crippen LogP contribution < -0.4 is 10.6 Å². The van der Waals surface area contributed by atoms with Gasteiger partial charge in [0.05, 0.1) is 6.54 Å². The maximum atomic E-state index is 12.6. The second-order valence-electron chi connectivity index (χ2n) is 6.52. The molecule has 1 atom stereocenters. The van der Waals surface area contributed by atoms with E-state index in [9.17, 15) is 22.8 Å². The number of alkyl halides is 3. The van der Waals surface area contributed by atoms with Gasteiger partial charge in [0.2, 0.25) is 5.91 Å². The highest BCUT2D eigenvalue weighted by Crippen LogP contribution is 2.21. The van der Waals surface area contributed by atoms with Crippen molar-refractivity contribution >= 4 is 17.6 Å². The monoisotopic (exact) mass is 395 g/mol. The van der Waals surface area contributed by atoms with Crippen LogP contribution >= 0.6 is 0 Å². The van der Waals surface area contributed by atoms with Gasteiger partial charge < -0.3 is 15.5 Å². The summed E-state index contributed by atoms with van der Waals surface area (Å²) >= 11 is 0. The van der Waals surface area contributed by atoms with Crippen molar-refractivity contribution in [2.45, 2.75) is 31.6 Å². The van der Waals surface area contributed by atoms with Crippen LogP contribution in [0.15, 0.2) is 42.7 Å². The Bertz CT molecular complexity index is 823. The molecule has 1 unspecified atom stereocenters. The predicted octanol–water partition coefficient (Wildman–Crippen LogP) is 2.61. The van der Waals surface area contributed by atoms with Gasteiger partial charge in [0, 0.05) is 24.6 Å². The summed E-state index contributed by atoms with van der Waals surface area (Å²) in [6.45, 7) is -0.570. The largest absolute Gasteiger partial charge is 0.405 e. The van der Waals surface area contributed by atoms with Gasteiger partial charge in [0.15, 0.2) is 0 Å². The molecule has 1 aliphatic heterocycles. The Kier molecular flexibility index (Phi) is 5.86. The Morgan fingerprint density at radius 2 is 2.07 bits per heavy atom. The Morgan fingerprint density at radius 1 is 1.25 bits per heavy atom. The minimum atomic E-state index is -4.49. The van der Waals surface area contributed by atoms with Gasteiger partial charge in [0.25, 0.3) is 0 Å². The average molecular weight is 395 g/mol. The summed E-state index contributed by atoms with van der Waals surface area (Å²) in [6, 6.07) is 7.55. The molecule has 28 heavy (non-hydrogen) atoms. The van der Waals surface area contributed by atoms with Crippen LogP contribution in [0.2, 0.25) is 0 Å². The molecule has 7 nitrogen and oxygen atoms in total. The first-order valence-corrected chi connectivity index (χ1v) is 8.80. The summed E-state index contributed by atoms with van der Waals surface area (Å²) in [5, 5.41) is 8.69. The highest BCUT2D eigenvalue weighted by atomic mass is 19.4. The first-order chi connectivity index (χ1) is 13.3. The van der Waals surface area contributed by atoms with Crippen molar-refractivity contribution in [2.75, 3.05) is 18.4 Å². The summed E-state index contributed by atoms with van der Waals surface area (Å²) in [6.07, 6.45) is -0.119. The zero-order valence-electron chi connectivity index (χ0n) is 14.9. The molecule has 2 heterocycles. The Balaban J connectivity index is 1.61. The number of aromatic nitrogens is 2. The fourth-order valence-corrected chi connectivity index (χ4v) is 3.11. The molecule has 1 aromatic heterocycles. The Hall–Kier alpha value is -3.04. The van der Waals surface area contributed by atoms with Crippen molar-refractivity contribution in [1.82, 2.24) is 20.0 Å². The van der Waals surface area contributed by atoms with Gasteiger partial charge in [-0.2, -0.15) is 18.3 Å². The summed E-state index contributed by atoms with van der Waals surface area (Å²) < 4.78 is 38.7. The number of hydrogen-bond donors (Lipinski definition) is 2. The van der Waals surface area contributed by atoms with Crippen LogP contribution in [0.4, 0.5) is 23.7 Å². The van der Waals surface area contributed by atoms with Gasteiger partial charge in [-0.1, -0.05) is 12.1 Å². The zero-order valence-corrected chi connectivity index (χ0v) is 14.9. The highest BCUT2D eigenvalue weighted by Gasteiger charge is 2.36. The van der Waals surface area contributed by atoms with Crippen molar-refractivity contribution < 1.29 is 22.8 Å². The third-order valence-electron chi connectivity index (χ3n) is 4.36. The highest BCUT2D eigenvalue weighted by molar-refractivity contribution is 5.94. The van der Waals surface area contributed by atoms with Crippen LogP contribution in [0, 0.1) is 0 Å². The van der Waals surface area contributed by atoms with Crippen LogP contribution in [0.25, 0.3) is 0 Å². The number of nitrogens with zero attached hydrogens (tertiary/aromatic N) is 3. The molecule has 0 spiro atoms. The van der Waals surface area contributed by atoms with E-state index in [1.54, 1.807) is 29.1 Å². The van der Waals surface area contributed by atoms with Gasteiger partial charge in [-0.05, 0) is 36.6 Å². The SMILES string of the molecule is O=C(NCC(F)(F)F)C1CCCN1C(=O)Nc1cccc(Cn2cccn2)c1. The lowest BCUT2D eigenvalue weighted by molar-refractivity contribution is -0.140. The maximum Gasteiger partial charge on any atom is 0.405 e. The number of halogens is 3. The number of anilines is 1. The van der Waals surface area contributed by atoms with E-state index in [0.717, 1.165) is 5.56 Å². The molecule has 1 aromatic carbocycles. The first-order valence-electron chi connectivity index (χ1n) is 8.80. The molecule has 10 heteroatoms. The van der Waals surface area contributed by atoms with Crippen molar-refractivity contribution in [2.24, 2.45) is 0 Å². The summed E-state index contributed by atoms with van der Waals surface area (Å²) in [5.41, 5.74) is 1.46. The number of rotatable bonds is 5. The smallest absolute Gasteiger partial charge is 0.345 e. The normalized spacial score (nSPS) is 16.8. The van der Waals surface area contributed by atoms with E-state index in [4.69, 9.17) is 0 Å². The van der Waals surface area contributed by atoms with Gasteiger partial charge in [-0.25, -0.2) is 4.79 Å². The molecule has 0 bridgehead atoms. The quantitative estimate of drug-likeness (QED) is 0.817. The van der Waals surface area contributed by atoms with E-state index in [0.29, 0.717) is 31.6 Å². The maximum absolute atomic E-state index is 12.6. The number of amides is 3. The van der Waals surface area contributed by atoms with E-state index in [1.807, 2.05) is 23.6 Å². The van der Waals surface area contributed by atoms with Gasteiger partial charge in [0.1, 0.15) is 12.6 Å². The number of nitrogens with one attached hydrogen (secondary N) is 2. The molecular weight excluding hydrogens is 375 g/mol. The molecule has 0 radical (unpaired) electrons. The molecule has 2 aromatic rings. The van der Waals surface area contributed by atoms with Gasteiger partial charge in [-0.15, -0.1) is 0 Å². The number of benzene rings is 1. The third kappa shape index (κ3) is 5.24. The molecule has 0 aliphatic carbocycles. The zero-order chi connectivity index (χ0) is 20.1. The fraction of sp³-hybridized carbons (Fsp3) is 0.389. The predicted molar refractivity (Wildman–Crippen MR) is 95.6 cm³/mol. The number of carbonyl (C=O) groups is 2. The van der Waals surface area contributed by atoms with Crippen LogP contribution in [-0.4, -0.2) is 51.9 Å². The van der Waals surface area contributed by atoms with E-state index in [-0.39, 0.29) is 0 Å². The van der Waals surface area contributed by atoms with E-state index < -0.39 is 30.7 Å². The lowest BCUT2D eigenvalue weighted by atomic mass is 10.2. The van der Waals surface area contributed by atoms with Crippen molar-refractivity contribution in [3.63, 3.8) is 0 Å². The van der Waals surface area contributed by atoms with Crippen molar-refractivity contribution in [3.05, 3.63) is 48.3 Å². The van der Waals surface area contributed by atoms with Crippen LogP contribution in [0.5, 0.6) is 0 Å². The van der Waals surface area contributed by atoms with Crippen molar-refractivity contribution in [1.29, 1.82) is 0 Å². The minimum Gasteiger partial charge on any atom is -0.345 e. The van der Waals surface area contributed by atoms with E-state index in [1.165, 1.54) is 4.90 Å². The number of urea groups is 1. The number of carbonyl (C=O) groups excluding carboxylic acids is 2. The molecular formula is C18H20F3N5O2. The minimum absolute atomic E-state index is 0.308. The third-order valence-corrected chi connectivity index (χ3v) is 4.36. The summed E-state index contributed by atoms with van der Waals surface area (Å²) in [4.78, 5) is 25.9.